The monoisotopic (exact) mass is 211 g/mol. The van der Waals surface area contributed by atoms with Crippen molar-refractivity contribution >= 4 is 17.3 Å². The highest BCUT2D eigenvalue weighted by Gasteiger charge is 2.24. The Kier molecular flexibility index (Phi) is 2.94. The molecule has 1 aliphatic carbocycles. The average Bonchev–Trinajstić information content (AvgIpc) is 2.56. The molecule has 76 valence electrons. The highest BCUT2D eigenvalue weighted by molar-refractivity contribution is 6.30. The maximum absolute atomic E-state index is 9.62. The lowest BCUT2D eigenvalue weighted by atomic mass is 10.2. The molecule has 2 nitrogen and oxygen atoms in total. The van der Waals surface area contributed by atoms with Crippen molar-refractivity contribution in [3.8, 4) is 0 Å². The van der Waals surface area contributed by atoms with Crippen molar-refractivity contribution in [2.24, 2.45) is 0 Å². The Morgan fingerprint density at radius 2 is 1.93 bits per heavy atom. The summed E-state index contributed by atoms with van der Waals surface area (Å²) in [6, 6.07) is 7.79. The number of benzene rings is 1. The number of nitrogens with one attached hydrogen (secondary N) is 1. The lowest BCUT2D eigenvalue weighted by Gasteiger charge is -2.17. The van der Waals surface area contributed by atoms with Gasteiger partial charge in [-0.05, 0) is 43.5 Å². The number of aliphatic hydroxyl groups excluding tert-OH is 1. The van der Waals surface area contributed by atoms with Crippen LogP contribution in [0.1, 0.15) is 19.3 Å². The standard InChI is InChI=1S/C11H14ClNO/c12-8-4-6-9(7-5-8)13-10-2-1-3-11(10)14/h4-7,10-11,13-14H,1-3H2/t10-,11-/m0/s1. The number of anilines is 1. The van der Waals surface area contributed by atoms with Crippen molar-refractivity contribution in [3.63, 3.8) is 0 Å². The third kappa shape index (κ3) is 2.20. The van der Waals surface area contributed by atoms with E-state index in [9.17, 15) is 5.11 Å². The Morgan fingerprint density at radius 1 is 1.21 bits per heavy atom. The van der Waals surface area contributed by atoms with E-state index in [1.165, 1.54) is 0 Å². The molecule has 14 heavy (non-hydrogen) atoms. The van der Waals surface area contributed by atoms with E-state index in [1.807, 2.05) is 24.3 Å². The fourth-order valence-electron chi connectivity index (χ4n) is 1.87. The lowest BCUT2D eigenvalue weighted by molar-refractivity contribution is 0.172. The summed E-state index contributed by atoms with van der Waals surface area (Å²) < 4.78 is 0. The zero-order valence-corrected chi connectivity index (χ0v) is 8.67. The van der Waals surface area contributed by atoms with Gasteiger partial charge in [-0.2, -0.15) is 0 Å². The number of hydrogen-bond acceptors (Lipinski definition) is 2. The maximum Gasteiger partial charge on any atom is 0.0741 e. The second-order valence-electron chi connectivity index (χ2n) is 3.76. The van der Waals surface area contributed by atoms with Crippen molar-refractivity contribution in [2.45, 2.75) is 31.4 Å². The van der Waals surface area contributed by atoms with Crippen LogP contribution in [-0.2, 0) is 0 Å². The van der Waals surface area contributed by atoms with Gasteiger partial charge in [0, 0.05) is 10.7 Å². The topological polar surface area (TPSA) is 32.3 Å². The Labute approximate surface area is 88.9 Å². The van der Waals surface area contributed by atoms with Crippen LogP contribution < -0.4 is 5.32 Å². The minimum absolute atomic E-state index is 0.203. The molecule has 1 aromatic carbocycles. The molecule has 1 saturated carbocycles. The number of halogens is 1. The summed E-state index contributed by atoms with van der Waals surface area (Å²) in [4.78, 5) is 0. The number of rotatable bonds is 2. The largest absolute Gasteiger partial charge is 0.391 e. The summed E-state index contributed by atoms with van der Waals surface area (Å²) in [6.07, 6.45) is 2.85. The number of hydrogen-bond donors (Lipinski definition) is 2. The van der Waals surface area contributed by atoms with Gasteiger partial charge >= 0.3 is 0 Å². The molecule has 0 bridgehead atoms. The third-order valence-electron chi connectivity index (χ3n) is 2.68. The van der Waals surface area contributed by atoms with E-state index in [-0.39, 0.29) is 12.1 Å². The van der Waals surface area contributed by atoms with E-state index in [0.29, 0.717) is 0 Å². The predicted molar refractivity (Wildman–Crippen MR) is 58.7 cm³/mol. The molecule has 0 spiro atoms. The molecule has 2 N–H and O–H groups in total. The highest BCUT2D eigenvalue weighted by atomic mass is 35.5. The van der Waals surface area contributed by atoms with E-state index >= 15 is 0 Å². The molecule has 3 heteroatoms. The van der Waals surface area contributed by atoms with Crippen LogP contribution >= 0.6 is 11.6 Å². The quantitative estimate of drug-likeness (QED) is 0.789. The summed E-state index contributed by atoms with van der Waals surface area (Å²) in [5, 5.41) is 13.7. The average molecular weight is 212 g/mol. The molecule has 0 aliphatic heterocycles. The van der Waals surface area contributed by atoms with Gasteiger partial charge in [0.1, 0.15) is 0 Å². The van der Waals surface area contributed by atoms with Gasteiger partial charge in [-0.3, -0.25) is 0 Å². The van der Waals surface area contributed by atoms with E-state index in [0.717, 1.165) is 30.0 Å². The Hall–Kier alpha value is -0.730. The first-order valence-electron chi connectivity index (χ1n) is 4.96. The summed E-state index contributed by atoms with van der Waals surface area (Å²) >= 11 is 5.78. The second kappa shape index (κ2) is 4.20. The van der Waals surface area contributed by atoms with Gasteiger partial charge in [-0.15, -0.1) is 0 Å². The van der Waals surface area contributed by atoms with E-state index in [4.69, 9.17) is 11.6 Å². The molecule has 1 aliphatic rings. The van der Waals surface area contributed by atoms with Crippen molar-refractivity contribution in [1.82, 2.24) is 0 Å². The van der Waals surface area contributed by atoms with Crippen molar-refractivity contribution in [1.29, 1.82) is 0 Å². The molecule has 2 atom stereocenters. The summed E-state index contributed by atoms with van der Waals surface area (Å²) in [6.45, 7) is 0. The lowest BCUT2D eigenvalue weighted by Crippen LogP contribution is -2.27. The second-order valence-corrected chi connectivity index (χ2v) is 4.19. The summed E-state index contributed by atoms with van der Waals surface area (Å²) in [5.74, 6) is 0. The summed E-state index contributed by atoms with van der Waals surface area (Å²) in [5.41, 5.74) is 1.03. The first-order valence-corrected chi connectivity index (χ1v) is 5.34. The molecule has 0 aromatic heterocycles. The van der Waals surface area contributed by atoms with Crippen LogP contribution in [0.5, 0.6) is 0 Å². The van der Waals surface area contributed by atoms with E-state index in [2.05, 4.69) is 5.32 Å². The first-order chi connectivity index (χ1) is 6.75. The van der Waals surface area contributed by atoms with Crippen LogP contribution in [0.25, 0.3) is 0 Å². The van der Waals surface area contributed by atoms with Crippen molar-refractivity contribution < 1.29 is 5.11 Å². The van der Waals surface area contributed by atoms with Crippen LogP contribution in [0, 0.1) is 0 Å². The minimum Gasteiger partial charge on any atom is -0.391 e. The molecule has 0 amide bonds. The van der Waals surface area contributed by atoms with Gasteiger partial charge in [0.05, 0.1) is 12.1 Å². The van der Waals surface area contributed by atoms with Crippen LogP contribution in [0.2, 0.25) is 5.02 Å². The molecule has 0 unspecified atom stereocenters. The van der Waals surface area contributed by atoms with Crippen molar-refractivity contribution in [2.75, 3.05) is 5.32 Å². The fraction of sp³-hybridized carbons (Fsp3) is 0.455. The Bertz CT molecular complexity index is 299. The molecular formula is C11H14ClNO. The molecule has 1 fully saturated rings. The van der Waals surface area contributed by atoms with Gasteiger partial charge in [-0.25, -0.2) is 0 Å². The van der Waals surface area contributed by atoms with Crippen molar-refractivity contribution in [3.05, 3.63) is 29.3 Å². The third-order valence-corrected chi connectivity index (χ3v) is 2.93. The van der Waals surface area contributed by atoms with Gasteiger partial charge in [0.25, 0.3) is 0 Å². The van der Waals surface area contributed by atoms with Gasteiger partial charge in [-0.1, -0.05) is 11.6 Å². The van der Waals surface area contributed by atoms with Crippen LogP contribution in [-0.4, -0.2) is 17.3 Å². The zero-order valence-electron chi connectivity index (χ0n) is 7.91. The molecular weight excluding hydrogens is 198 g/mol. The molecule has 2 rings (SSSR count). The zero-order chi connectivity index (χ0) is 9.97. The normalized spacial score (nSPS) is 26.4. The molecule has 0 radical (unpaired) electrons. The minimum atomic E-state index is -0.203. The molecule has 0 heterocycles. The molecule has 0 saturated heterocycles. The van der Waals surface area contributed by atoms with Gasteiger partial charge < -0.3 is 10.4 Å². The fourth-order valence-corrected chi connectivity index (χ4v) is 2.00. The van der Waals surface area contributed by atoms with Crippen LogP contribution in [0.15, 0.2) is 24.3 Å². The molecule has 1 aromatic rings. The Balaban J connectivity index is 2.00. The van der Waals surface area contributed by atoms with Crippen LogP contribution in [0.4, 0.5) is 5.69 Å². The van der Waals surface area contributed by atoms with Gasteiger partial charge in [0.15, 0.2) is 0 Å². The van der Waals surface area contributed by atoms with E-state index in [1.54, 1.807) is 0 Å². The first kappa shape index (κ1) is 9.81. The smallest absolute Gasteiger partial charge is 0.0741 e. The predicted octanol–water partition coefficient (Wildman–Crippen LogP) is 2.67. The maximum atomic E-state index is 9.62. The van der Waals surface area contributed by atoms with Gasteiger partial charge in [0.2, 0.25) is 0 Å². The van der Waals surface area contributed by atoms with Crippen LogP contribution in [0.3, 0.4) is 0 Å². The summed E-state index contributed by atoms with van der Waals surface area (Å²) in [7, 11) is 0. The SMILES string of the molecule is O[C@H]1CCC[C@@H]1Nc1ccc(Cl)cc1. The number of aliphatic hydroxyl groups is 1. The van der Waals surface area contributed by atoms with E-state index < -0.39 is 0 Å². The highest BCUT2D eigenvalue weighted by Crippen LogP contribution is 2.23. The Morgan fingerprint density at radius 3 is 2.50 bits per heavy atom.